The molecule has 2 aromatic carbocycles. The smallest absolute Gasteiger partial charge is 0.254 e. The molecule has 1 heterocycles. The van der Waals surface area contributed by atoms with Crippen LogP contribution in [0.2, 0.25) is 0 Å². The third-order valence-electron chi connectivity index (χ3n) is 6.91. The van der Waals surface area contributed by atoms with Crippen LogP contribution in [-0.2, 0) is 6.42 Å². The largest absolute Gasteiger partial charge is 0.493 e. The molecule has 0 N–H and O–H groups in total. The van der Waals surface area contributed by atoms with Crippen molar-refractivity contribution in [1.29, 1.82) is 0 Å². The van der Waals surface area contributed by atoms with E-state index in [2.05, 4.69) is 17.0 Å². The lowest BCUT2D eigenvalue weighted by molar-refractivity contribution is 0.0692. The van der Waals surface area contributed by atoms with E-state index in [9.17, 15) is 4.79 Å². The van der Waals surface area contributed by atoms with Crippen LogP contribution in [-0.4, -0.2) is 82.4 Å². The number of hydrogen-bond acceptors (Lipinski definition) is 7. The fraction of sp³-hybridized carbons (Fsp3) is 0.429. The SMILES string of the molecule is COc1cc2c(cc1OC)CCCC(C(=S)N1CCN(C(=O)c3cc(OC)c(OC)c(OC)c3)CC1)=C2. The van der Waals surface area contributed by atoms with Crippen LogP contribution in [0.25, 0.3) is 6.08 Å². The van der Waals surface area contributed by atoms with E-state index >= 15 is 0 Å². The molecule has 1 amide bonds. The highest BCUT2D eigenvalue weighted by Gasteiger charge is 2.27. The zero-order chi connectivity index (χ0) is 26.5. The number of nitrogens with zero attached hydrogens (tertiary/aromatic N) is 2. The van der Waals surface area contributed by atoms with Gasteiger partial charge in [0.05, 0.1) is 35.5 Å². The number of hydrogen-bond donors (Lipinski definition) is 0. The Morgan fingerprint density at radius 2 is 1.30 bits per heavy atom. The Kier molecular flexibility index (Phi) is 8.43. The highest BCUT2D eigenvalue weighted by molar-refractivity contribution is 7.80. The first-order valence-corrected chi connectivity index (χ1v) is 12.7. The zero-order valence-electron chi connectivity index (χ0n) is 22.1. The van der Waals surface area contributed by atoms with Crippen LogP contribution in [0.1, 0.15) is 34.3 Å². The van der Waals surface area contributed by atoms with E-state index in [-0.39, 0.29) is 5.91 Å². The molecule has 1 saturated heterocycles. The zero-order valence-corrected chi connectivity index (χ0v) is 22.9. The number of ether oxygens (including phenoxy) is 5. The maximum Gasteiger partial charge on any atom is 0.254 e. The lowest BCUT2D eigenvalue weighted by atomic mass is 10.0. The van der Waals surface area contributed by atoms with Crippen molar-refractivity contribution in [3.05, 3.63) is 46.5 Å². The average Bonchev–Trinajstić information content (AvgIpc) is 3.16. The van der Waals surface area contributed by atoms with Gasteiger partial charge in [0.2, 0.25) is 5.75 Å². The van der Waals surface area contributed by atoms with E-state index in [1.165, 1.54) is 5.56 Å². The predicted octanol–water partition coefficient (Wildman–Crippen LogP) is 4.23. The molecule has 0 aromatic heterocycles. The van der Waals surface area contributed by atoms with Gasteiger partial charge in [-0.3, -0.25) is 4.79 Å². The second kappa shape index (κ2) is 11.7. The quantitative estimate of drug-likeness (QED) is 0.497. The molecule has 2 aliphatic rings. The second-order valence-electron chi connectivity index (χ2n) is 8.93. The molecule has 0 unspecified atom stereocenters. The Morgan fingerprint density at radius 3 is 1.86 bits per heavy atom. The number of carbonyl (C=O) groups is 1. The molecule has 37 heavy (non-hydrogen) atoms. The standard InChI is InChI=1S/C28H34N2O6S/c1-32-22-14-18-7-6-8-19(13-20(18)15-23(22)33-2)28(37)30-11-9-29(10-12-30)27(31)21-16-24(34-3)26(36-5)25(17-21)35-4/h13-17H,6-12H2,1-5H3. The molecule has 1 aliphatic carbocycles. The summed E-state index contributed by atoms with van der Waals surface area (Å²) in [7, 11) is 7.93. The highest BCUT2D eigenvalue weighted by atomic mass is 32.1. The number of benzene rings is 2. The Hall–Kier alpha value is -3.46. The van der Waals surface area contributed by atoms with Crippen molar-refractivity contribution >= 4 is 29.2 Å². The second-order valence-corrected chi connectivity index (χ2v) is 9.31. The van der Waals surface area contributed by atoms with E-state index in [1.807, 2.05) is 11.0 Å². The fourth-order valence-corrected chi connectivity index (χ4v) is 5.23. The summed E-state index contributed by atoms with van der Waals surface area (Å²) in [5.74, 6) is 2.76. The highest BCUT2D eigenvalue weighted by Crippen LogP contribution is 2.39. The molecule has 9 heteroatoms. The number of carbonyl (C=O) groups excluding carboxylic acids is 1. The lowest BCUT2D eigenvalue weighted by Crippen LogP contribution is -2.50. The van der Waals surface area contributed by atoms with Gasteiger partial charge >= 0.3 is 0 Å². The summed E-state index contributed by atoms with van der Waals surface area (Å²) < 4.78 is 27.2. The molecule has 4 rings (SSSR count). The van der Waals surface area contributed by atoms with E-state index in [0.717, 1.165) is 41.1 Å². The van der Waals surface area contributed by atoms with Gasteiger partial charge in [-0.2, -0.15) is 0 Å². The number of fused-ring (bicyclic) bond motifs is 1. The van der Waals surface area contributed by atoms with E-state index < -0.39 is 0 Å². The third-order valence-corrected chi connectivity index (χ3v) is 7.43. The lowest BCUT2D eigenvalue weighted by Gasteiger charge is -2.37. The summed E-state index contributed by atoms with van der Waals surface area (Å²) in [6.45, 7) is 2.49. The minimum Gasteiger partial charge on any atom is -0.493 e. The molecule has 0 radical (unpaired) electrons. The fourth-order valence-electron chi connectivity index (χ4n) is 4.89. The molecule has 0 saturated carbocycles. The Labute approximate surface area is 223 Å². The Morgan fingerprint density at radius 1 is 0.730 bits per heavy atom. The van der Waals surface area contributed by atoms with Crippen molar-refractivity contribution in [2.75, 3.05) is 61.7 Å². The van der Waals surface area contributed by atoms with Crippen molar-refractivity contribution in [2.24, 2.45) is 0 Å². The van der Waals surface area contributed by atoms with Gasteiger partial charge in [-0.1, -0.05) is 12.2 Å². The van der Waals surface area contributed by atoms with Crippen LogP contribution in [0.5, 0.6) is 28.7 Å². The number of piperazine rings is 1. The summed E-state index contributed by atoms with van der Waals surface area (Å²) in [5.41, 5.74) is 3.99. The van der Waals surface area contributed by atoms with Crippen LogP contribution in [0, 0.1) is 0 Å². The molecule has 2 aromatic rings. The van der Waals surface area contributed by atoms with E-state index in [4.69, 9.17) is 35.9 Å². The molecule has 8 nitrogen and oxygen atoms in total. The van der Waals surface area contributed by atoms with Gasteiger partial charge in [-0.05, 0) is 66.3 Å². The summed E-state index contributed by atoms with van der Waals surface area (Å²) >= 11 is 5.94. The van der Waals surface area contributed by atoms with Crippen molar-refractivity contribution in [1.82, 2.24) is 9.80 Å². The van der Waals surface area contributed by atoms with E-state index in [1.54, 1.807) is 47.7 Å². The number of rotatable bonds is 7. The van der Waals surface area contributed by atoms with Crippen LogP contribution >= 0.6 is 12.2 Å². The van der Waals surface area contributed by atoms with Gasteiger partial charge < -0.3 is 33.5 Å². The summed E-state index contributed by atoms with van der Waals surface area (Å²) in [5, 5.41) is 0. The number of aryl methyl sites for hydroxylation is 1. The van der Waals surface area contributed by atoms with Gasteiger partial charge in [0.25, 0.3) is 5.91 Å². The van der Waals surface area contributed by atoms with Gasteiger partial charge in [0.15, 0.2) is 23.0 Å². The first kappa shape index (κ1) is 26.6. The van der Waals surface area contributed by atoms with Gasteiger partial charge in [0, 0.05) is 31.7 Å². The van der Waals surface area contributed by atoms with Crippen LogP contribution in [0.3, 0.4) is 0 Å². The molecular formula is C28H34N2O6S. The first-order valence-electron chi connectivity index (χ1n) is 12.3. The average molecular weight is 527 g/mol. The summed E-state index contributed by atoms with van der Waals surface area (Å²) in [6.07, 6.45) is 5.05. The van der Waals surface area contributed by atoms with Crippen LogP contribution in [0.15, 0.2) is 29.8 Å². The maximum atomic E-state index is 13.3. The number of thiocarbonyl (C=S) groups is 1. The Balaban J connectivity index is 1.47. The Bertz CT molecular complexity index is 1180. The van der Waals surface area contributed by atoms with Crippen LogP contribution in [0.4, 0.5) is 0 Å². The monoisotopic (exact) mass is 526 g/mol. The van der Waals surface area contributed by atoms with Gasteiger partial charge in [0.1, 0.15) is 4.99 Å². The predicted molar refractivity (Wildman–Crippen MR) is 147 cm³/mol. The molecule has 1 aliphatic heterocycles. The minimum absolute atomic E-state index is 0.0755. The van der Waals surface area contributed by atoms with Crippen molar-refractivity contribution < 1.29 is 28.5 Å². The molecule has 0 bridgehead atoms. The van der Waals surface area contributed by atoms with Crippen LogP contribution < -0.4 is 23.7 Å². The van der Waals surface area contributed by atoms with E-state index in [0.29, 0.717) is 54.7 Å². The topological polar surface area (TPSA) is 69.7 Å². The van der Waals surface area contributed by atoms with Crippen molar-refractivity contribution in [3.63, 3.8) is 0 Å². The number of amides is 1. The molecule has 0 atom stereocenters. The third kappa shape index (κ3) is 5.46. The molecule has 1 fully saturated rings. The van der Waals surface area contributed by atoms with Crippen molar-refractivity contribution in [3.8, 4) is 28.7 Å². The van der Waals surface area contributed by atoms with Gasteiger partial charge in [-0.15, -0.1) is 0 Å². The molecular weight excluding hydrogens is 492 g/mol. The van der Waals surface area contributed by atoms with Gasteiger partial charge in [-0.25, -0.2) is 0 Å². The maximum absolute atomic E-state index is 13.3. The summed E-state index contributed by atoms with van der Waals surface area (Å²) in [4.78, 5) is 18.2. The minimum atomic E-state index is -0.0755. The normalized spacial score (nSPS) is 15.2. The molecule has 198 valence electrons. The number of methoxy groups -OCH3 is 5. The summed E-state index contributed by atoms with van der Waals surface area (Å²) in [6, 6.07) is 7.47. The molecule has 0 spiro atoms. The first-order chi connectivity index (χ1) is 17.9. The van der Waals surface area contributed by atoms with Crippen molar-refractivity contribution in [2.45, 2.75) is 19.3 Å².